The summed E-state index contributed by atoms with van der Waals surface area (Å²) in [5.41, 5.74) is 2.43. The molecule has 8 nitrogen and oxygen atoms in total. The van der Waals surface area contributed by atoms with Crippen LogP contribution in [0.15, 0.2) is 33.6 Å². The van der Waals surface area contributed by atoms with E-state index in [0.717, 1.165) is 4.47 Å². The maximum atomic E-state index is 12.7. The Bertz CT molecular complexity index is 823. The van der Waals surface area contributed by atoms with E-state index in [1.807, 2.05) is 33.9 Å². The van der Waals surface area contributed by atoms with E-state index >= 15 is 0 Å². The summed E-state index contributed by atoms with van der Waals surface area (Å²) in [6, 6.07) is 4.95. The molecule has 0 radical (unpaired) electrons. The van der Waals surface area contributed by atoms with Crippen molar-refractivity contribution in [2.75, 3.05) is 6.54 Å². The monoisotopic (exact) mass is 507 g/mol. The minimum absolute atomic E-state index is 0.0309. The highest BCUT2D eigenvalue weighted by Gasteiger charge is 2.39. The highest BCUT2D eigenvalue weighted by Crippen LogP contribution is 2.35. The molecule has 0 aromatic heterocycles. The van der Waals surface area contributed by atoms with E-state index in [0.29, 0.717) is 0 Å². The van der Waals surface area contributed by atoms with Gasteiger partial charge in [0, 0.05) is 17.9 Å². The number of nitrogens with one attached hydrogen (secondary N) is 3. The lowest BCUT2D eigenvalue weighted by atomic mass is 10.2. The van der Waals surface area contributed by atoms with Crippen LogP contribution >= 0.6 is 15.9 Å². The fraction of sp³-hybridized carbons (Fsp3) is 0.556. The first-order valence-corrected chi connectivity index (χ1v) is 14.3. The van der Waals surface area contributed by atoms with Gasteiger partial charge in [-0.05, 0) is 48.8 Å². The van der Waals surface area contributed by atoms with Gasteiger partial charge in [-0.1, -0.05) is 36.7 Å². The third kappa shape index (κ3) is 8.17. The number of benzene rings is 1. The lowest BCUT2D eigenvalue weighted by molar-refractivity contribution is -0.130. The molecular weight excluding hydrogens is 478 g/mol. The topological polar surface area (TPSA) is 114 Å². The second kappa shape index (κ2) is 10.2. The van der Waals surface area contributed by atoms with Crippen molar-refractivity contribution in [2.45, 2.75) is 63.2 Å². The second-order valence-electron chi connectivity index (χ2n) is 8.23. The van der Waals surface area contributed by atoms with Gasteiger partial charge in [0.15, 0.2) is 0 Å². The molecule has 0 heterocycles. The van der Waals surface area contributed by atoms with Gasteiger partial charge in [-0.3, -0.25) is 9.59 Å². The van der Waals surface area contributed by atoms with E-state index in [9.17, 15) is 18.0 Å². The van der Waals surface area contributed by atoms with Crippen LogP contribution in [0.2, 0.25) is 18.1 Å². The smallest absolute Gasteiger partial charge is 0.260 e. The van der Waals surface area contributed by atoms with Crippen molar-refractivity contribution < 1.29 is 22.5 Å². The molecule has 1 atom stereocenters. The van der Waals surface area contributed by atoms with Crippen molar-refractivity contribution in [1.29, 1.82) is 0 Å². The number of halogens is 1. The Morgan fingerprint density at radius 2 is 1.72 bits per heavy atom. The van der Waals surface area contributed by atoms with Crippen molar-refractivity contribution in [3.63, 3.8) is 0 Å². The van der Waals surface area contributed by atoms with E-state index in [-0.39, 0.29) is 28.8 Å². The molecule has 1 aromatic carbocycles. The summed E-state index contributed by atoms with van der Waals surface area (Å²) < 4.78 is 34.2. The molecule has 0 unspecified atom stereocenters. The Hall–Kier alpha value is -1.27. The predicted molar refractivity (Wildman–Crippen MR) is 118 cm³/mol. The van der Waals surface area contributed by atoms with Gasteiger partial charge in [0.05, 0.1) is 4.90 Å². The molecule has 29 heavy (non-hydrogen) atoms. The number of carbonyl (C=O) groups is 2. The minimum atomic E-state index is -3.94. The molecule has 2 amide bonds. The van der Waals surface area contributed by atoms with Crippen molar-refractivity contribution in [1.82, 2.24) is 15.5 Å². The van der Waals surface area contributed by atoms with Gasteiger partial charge in [0.25, 0.3) is 5.91 Å². The average molecular weight is 509 g/mol. The molecule has 0 aliphatic rings. The Morgan fingerprint density at radius 1 is 1.17 bits per heavy atom. The zero-order chi connectivity index (χ0) is 22.5. The minimum Gasteiger partial charge on any atom is -0.356 e. The molecule has 0 saturated heterocycles. The van der Waals surface area contributed by atoms with Crippen LogP contribution in [0.25, 0.3) is 0 Å². The van der Waals surface area contributed by atoms with Crippen LogP contribution in [0.3, 0.4) is 0 Å². The van der Waals surface area contributed by atoms with Crippen LogP contribution in [0.4, 0.5) is 0 Å². The number of hydroxylamine groups is 1. The van der Waals surface area contributed by atoms with E-state index in [4.69, 9.17) is 4.53 Å². The van der Waals surface area contributed by atoms with Gasteiger partial charge >= 0.3 is 0 Å². The number of rotatable bonds is 9. The van der Waals surface area contributed by atoms with Crippen LogP contribution in [0.5, 0.6) is 0 Å². The molecular formula is C18H30BrN3O5SSi. The summed E-state index contributed by atoms with van der Waals surface area (Å²) in [7, 11) is -6.22. The summed E-state index contributed by atoms with van der Waals surface area (Å²) in [5, 5.41) is 2.43. The molecule has 1 aromatic rings. The molecule has 0 aliphatic carbocycles. The highest BCUT2D eigenvalue weighted by molar-refractivity contribution is 9.10. The molecule has 164 valence electrons. The Balaban J connectivity index is 2.96. The van der Waals surface area contributed by atoms with Crippen LogP contribution < -0.4 is 15.5 Å². The van der Waals surface area contributed by atoms with Crippen molar-refractivity contribution >= 4 is 46.1 Å². The highest BCUT2D eigenvalue weighted by atomic mass is 79.9. The summed E-state index contributed by atoms with van der Waals surface area (Å²) in [4.78, 5) is 23.9. The SMILES string of the molecule is CC(=O)NCC[C@@H](NS(=O)(=O)c1ccc(Br)cc1)C(=O)NO[Si](C)(C)C(C)(C)C. The fourth-order valence-electron chi connectivity index (χ4n) is 1.91. The third-order valence-corrected chi connectivity index (χ3v) is 11.0. The molecule has 3 N–H and O–H groups in total. The Labute approximate surface area is 182 Å². The molecule has 1 rings (SSSR count). The van der Waals surface area contributed by atoms with Crippen LogP contribution in [0, 0.1) is 0 Å². The number of carbonyl (C=O) groups excluding carboxylic acids is 2. The maximum Gasteiger partial charge on any atom is 0.260 e. The fourth-order valence-corrected chi connectivity index (χ4v) is 4.06. The molecule has 11 heteroatoms. The molecule has 0 spiro atoms. The Kier molecular flexibility index (Phi) is 9.03. The normalized spacial score (nSPS) is 13.6. The summed E-state index contributed by atoms with van der Waals surface area (Å²) >= 11 is 3.26. The van der Waals surface area contributed by atoms with Crippen LogP contribution in [-0.4, -0.2) is 41.1 Å². The largest absolute Gasteiger partial charge is 0.356 e. The first kappa shape index (κ1) is 25.8. The summed E-state index contributed by atoms with van der Waals surface area (Å²) in [6.07, 6.45) is 0.0715. The van der Waals surface area contributed by atoms with Crippen molar-refractivity contribution in [2.24, 2.45) is 0 Å². The van der Waals surface area contributed by atoms with E-state index in [1.165, 1.54) is 19.1 Å². The van der Waals surface area contributed by atoms with Crippen LogP contribution in [0.1, 0.15) is 34.1 Å². The molecule has 0 saturated carbocycles. The quantitative estimate of drug-likeness (QED) is 0.351. The standard InChI is InChI=1S/C18H30BrN3O5SSi/c1-13(23)20-12-11-16(17(24)21-27-29(5,6)18(2,3)4)22-28(25,26)15-9-7-14(19)8-10-15/h7-10,16,22H,11-12H2,1-6H3,(H,20,23)(H,21,24)/t16-/m1/s1. The second-order valence-corrected chi connectivity index (χ2v) is 15.6. The average Bonchev–Trinajstić information content (AvgIpc) is 2.57. The van der Waals surface area contributed by atoms with Gasteiger partial charge < -0.3 is 9.84 Å². The maximum absolute atomic E-state index is 12.7. The number of hydrogen-bond acceptors (Lipinski definition) is 5. The lowest BCUT2D eigenvalue weighted by Gasteiger charge is -2.35. The zero-order valence-corrected chi connectivity index (χ0v) is 21.0. The van der Waals surface area contributed by atoms with Gasteiger partial charge in [0.2, 0.25) is 24.2 Å². The molecule has 0 aliphatic heterocycles. The number of amides is 2. The van der Waals surface area contributed by atoms with E-state index in [1.54, 1.807) is 12.1 Å². The van der Waals surface area contributed by atoms with E-state index in [2.05, 4.69) is 31.4 Å². The summed E-state index contributed by atoms with van der Waals surface area (Å²) in [5.74, 6) is -0.877. The van der Waals surface area contributed by atoms with Crippen molar-refractivity contribution in [3.05, 3.63) is 28.7 Å². The number of hydrogen-bond donors (Lipinski definition) is 3. The lowest BCUT2D eigenvalue weighted by Crippen LogP contribution is -2.52. The van der Waals surface area contributed by atoms with Gasteiger partial charge in [-0.25, -0.2) is 13.9 Å². The summed E-state index contributed by atoms with van der Waals surface area (Å²) in [6.45, 7) is 11.5. The van der Waals surface area contributed by atoms with Crippen LogP contribution in [-0.2, 0) is 24.1 Å². The van der Waals surface area contributed by atoms with Gasteiger partial charge in [-0.2, -0.15) is 4.72 Å². The zero-order valence-electron chi connectivity index (χ0n) is 17.6. The van der Waals surface area contributed by atoms with Crippen molar-refractivity contribution in [3.8, 4) is 0 Å². The molecule has 0 fully saturated rings. The first-order chi connectivity index (χ1) is 13.2. The third-order valence-electron chi connectivity index (χ3n) is 4.76. The molecule has 0 bridgehead atoms. The van der Waals surface area contributed by atoms with Gasteiger partial charge in [-0.15, -0.1) is 0 Å². The van der Waals surface area contributed by atoms with E-state index < -0.39 is 30.3 Å². The number of sulfonamides is 1. The Morgan fingerprint density at radius 3 is 2.21 bits per heavy atom. The first-order valence-electron chi connectivity index (χ1n) is 9.16. The predicted octanol–water partition coefficient (Wildman–Crippen LogP) is 2.68. The van der Waals surface area contributed by atoms with Gasteiger partial charge in [0.1, 0.15) is 6.04 Å².